The fourth-order valence-corrected chi connectivity index (χ4v) is 2.47. The number of halogens is 1. The van der Waals surface area contributed by atoms with Crippen LogP contribution in [0, 0.1) is 0 Å². The number of piperidine rings is 1. The molecule has 2 heteroatoms. The highest BCUT2D eigenvalue weighted by atomic mass is 35.5. The van der Waals surface area contributed by atoms with Crippen molar-refractivity contribution < 1.29 is 17.0 Å². The Bertz CT molecular complexity index is 358. The number of nitrogens with zero attached hydrogens (tertiary/aromatic N) is 1. The lowest BCUT2D eigenvalue weighted by Crippen LogP contribution is -3.00. The molecule has 0 N–H and O–H groups in total. The van der Waals surface area contributed by atoms with Crippen LogP contribution in [0.2, 0.25) is 0 Å². The quantitative estimate of drug-likeness (QED) is 0.672. The van der Waals surface area contributed by atoms with Crippen molar-refractivity contribution in [2.24, 2.45) is 0 Å². The molecular weight excluding hydrogens is 230 g/mol. The Morgan fingerprint density at radius 1 is 1.24 bits per heavy atom. The SMILES string of the molecule is CC(C=[N+]1CCCCC1C)c1ccccc1.[Cl-]. The first-order valence-corrected chi connectivity index (χ1v) is 6.43. The van der Waals surface area contributed by atoms with Crippen molar-refractivity contribution in [3.63, 3.8) is 0 Å². The van der Waals surface area contributed by atoms with Gasteiger partial charge in [0.25, 0.3) is 0 Å². The Labute approximate surface area is 111 Å². The van der Waals surface area contributed by atoms with Crippen LogP contribution in [0.4, 0.5) is 0 Å². The number of benzene rings is 1. The molecular formula is C15H22ClN. The Morgan fingerprint density at radius 2 is 1.94 bits per heavy atom. The standard InChI is InChI=1S/C15H22N.ClH/c1-13(15-9-4-3-5-10-15)12-16-11-7-6-8-14(16)2;/h3-5,9-10,12-14H,6-8,11H2,1-2H3;1H/q+1;/p-1. The second kappa shape index (κ2) is 6.80. The van der Waals surface area contributed by atoms with Gasteiger partial charge >= 0.3 is 0 Å². The third-order valence-electron chi connectivity index (χ3n) is 3.59. The van der Waals surface area contributed by atoms with Gasteiger partial charge in [-0.15, -0.1) is 0 Å². The molecule has 0 aliphatic carbocycles. The molecule has 1 aromatic rings. The molecule has 1 fully saturated rings. The van der Waals surface area contributed by atoms with E-state index < -0.39 is 0 Å². The summed E-state index contributed by atoms with van der Waals surface area (Å²) in [5.74, 6) is 0.529. The molecule has 94 valence electrons. The molecule has 1 heterocycles. The minimum atomic E-state index is 0. The normalized spacial score (nSPS) is 24.1. The Balaban J connectivity index is 0.00000144. The molecule has 0 radical (unpaired) electrons. The molecule has 17 heavy (non-hydrogen) atoms. The van der Waals surface area contributed by atoms with Crippen LogP contribution in [-0.2, 0) is 0 Å². The molecule has 1 aliphatic heterocycles. The third kappa shape index (κ3) is 3.85. The monoisotopic (exact) mass is 251 g/mol. The fourth-order valence-electron chi connectivity index (χ4n) is 2.47. The van der Waals surface area contributed by atoms with E-state index in [1.165, 1.54) is 31.4 Å². The summed E-state index contributed by atoms with van der Waals surface area (Å²) < 4.78 is 2.53. The van der Waals surface area contributed by atoms with E-state index in [0.29, 0.717) is 5.92 Å². The molecule has 0 spiro atoms. The van der Waals surface area contributed by atoms with Gasteiger partial charge in [0.05, 0.1) is 5.92 Å². The van der Waals surface area contributed by atoms with Crippen LogP contribution in [0.15, 0.2) is 30.3 Å². The third-order valence-corrected chi connectivity index (χ3v) is 3.59. The van der Waals surface area contributed by atoms with E-state index in [0.717, 1.165) is 6.04 Å². The first kappa shape index (κ1) is 14.2. The lowest BCUT2D eigenvalue weighted by Gasteiger charge is -2.18. The van der Waals surface area contributed by atoms with Gasteiger partial charge in [-0.1, -0.05) is 30.3 Å². The summed E-state index contributed by atoms with van der Waals surface area (Å²) in [5, 5.41) is 0. The van der Waals surface area contributed by atoms with Crippen molar-refractivity contribution >= 4 is 6.21 Å². The molecule has 0 bridgehead atoms. The summed E-state index contributed by atoms with van der Waals surface area (Å²) >= 11 is 0. The van der Waals surface area contributed by atoms with Crippen LogP contribution >= 0.6 is 0 Å². The summed E-state index contributed by atoms with van der Waals surface area (Å²) in [6.45, 7) is 5.86. The van der Waals surface area contributed by atoms with Crippen molar-refractivity contribution in [2.45, 2.75) is 45.1 Å². The van der Waals surface area contributed by atoms with E-state index in [1.807, 2.05) is 0 Å². The van der Waals surface area contributed by atoms with E-state index in [-0.39, 0.29) is 12.4 Å². The maximum absolute atomic E-state index is 2.53. The minimum absolute atomic E-state index is 0. The maximum Gasteiger partial charge on any atom is 0.149 e. The van der Waals surface area contributed by atoms with Gasteiger partial charge in [-0.3, -0.25) is 0 Å². The first-order chi connectivity index (χ1) is 7.77. The van der Waals surface area contributed by atoms with Crippen molar-refractivity contribution in [3.05, 3.63) is 35.9 Å². The van der Waals surface area contributed by atoms with E-state index in [4.69, 9.17) is 0 Å². The van der Waals surface area contributed by atoms with E-state index in [1.54, 1.807) is 0 Å². The molecule has 1 nitrogen and oxygen atoms in total. The van der Waals surface area contributed by atoms with E-state index in [9.17, 15) is 0 Å². The van der Waals surface area contributed by atoms with Crippen molar-refractivity contribution in [3.8, 4) is 0 Å². The zero-order valence-corrected chi connectivity index (χ0v) is 11.5. The molecule has 0 amide bonds. The summed E-state index contributed by atoms with van der Waals surface area (Å²) in [4.78, 5) is 0. The van der Waals surface area contributed by atoms with E-state index >= 15 is 0 Å². The van der Waals surface area contributed by atoms with Crippen molar-refractivity contribution in [1.29, 1.82) is 0 Å². The largest absolute Gasteiger partial charge is 1.00 e. The van der Waals surface area contributed by atoms with Gasteiger partial charge in [0.2, 0.25) is 0 Å². The molecule has 2 unspecified atom stereocenters. The molecule has 2 rings (SSSR count). The molecule has 2 atom stereocenters. The van der Waals surface area contributed by atoms with Gasteiger partial charge in [0.1, 0.15) is 18.8 Å². The van der Waals surface area contributed by atoms with Crippen LogP contribution in [0.1, 0.15) is 44.6 Å². The Kier molecular flexibility index (Phi) is 5.70. The number of rotatable bonds is 2. The first-order valence-electron chi connectivity index (χ1n) is 6.43. The van der Waals surface area contributed by atoms with Crippen LogP contribution in [0.3, 0.4) is 0 Å². The molecule has 0 saturated carbocycles. The van der Waals surface area contributed by atoms with Crippen LogP contribution in [0.25, 0.3) is 0 Å². The second-order valence-corrected chi connectivity index (χ2v) is 4.93. The molecule has 0 aromatic heterocycles. The zero-order chi connectivity index (χ0) is 11.4. The summed E-state index contributed by atoms with van der Waals surface area (Å²) in [6, 6.07) is 11.5. The van der Waals surface area contributed by atoms with Gasteiger partial charge in [0.15, 0.2) is 0 Å². The van der Waals surface area contributed by atoms with Crippen LogP contribution in [0.5, 0.6) is 0 Å². The summed E-state index contributed by atoms with van der Waals surface area (Å²) in [6.07, 6.45) is 6.50. The average molecular weight is 252 g/mol. The smallest absolute Gasteiger partial charge is 0.149 e. The Hall–Kier alpha value is -0.820. The predicted molar refractivity (Wildman–Crippen MR) is 69.4 cm³/mol. The van der Waals surface area contributed by atoms with Gasteiger partial charge < -0.3 is 12.4 Å². The van der Waals surface area contributed by atoms with Crippen molar-refractivity contribution in [1.82, 2.24) is 0 Å². The fraction of sp³-hybridized carbons (Fsp3) is 0.533. The molecule has 1 aliphatic rings. The zero-order valence-electron chi connectivity index (χ0n) is 10.8. The minimum Gasteiger partial charge on any atom is -1.00 e. The topological polar surface area (TPSA) is 3.01 Å². The highest BCUT2D eigenvalue weighted by Crippen LogP contribution is 2.16. The Morgan fingerprint density at radius 3 is 2.59 bits per heavy atom. The number of hydrogen-bond acceptors (Lipinski definition) is 0. The highest BCUT2D eigenvalue weighted by Gasteiger charge is 2.21. The maximum atomic E-state index is 2.53. The van der Waals surface area contributed by atoms with Crippen LogP contribution < -0.4 is 12.4 Å². The molecule has 1 saturated heterocycles. The molecule has 1 aromatic carbocycles. The van der Waals surface area contributed by atoms with Crippen LogP contribution in [-0.4, -0.2) is 23.4 Å². The lowest BCUT2D eigenvalue weighted by molar-refractivity contribution is -0.569. The average Bonchev–Trinajstić information content (AvgIpc) is 2.33. The van der Waals surface area contributed by atoms with Gasteiger partial charge in [-0.25, -0.2) is 4.58 Å². The lowest BCUT2D eigenvalue weighted by atomic mass is 10.0. The van der Waals surface area contributed by atoms with Gasteiger partial charge in [0, 0.05) is 12.8 Å². The second-order valence-electron chi connectivity index (χ2n) is 4.93. The van der Waals surface area contributed by atoms with Gasteiger partial charge in [-0.05, 0) is 25.8 Å². The number of hydrogen-bond donors (Lipinski definition) is 0. The van der Waals surface area contributed by atoms with E-state index in [2.05, 4.69) is 55.0 Å². The van der Waals surface area contributed by atoms with Crippen molar-refractivity contribution in [2.75, 3.05) is 6.54 Å². The summed E-state index contributed by atoms with van der Waals surface area (Å²) in [7, 11) is 0. The van der Waals surface area contributed by atoms with Gasteiger partial charge in [-0.2, -0.15) is 0 Å². The summed E-state index contributed by atoms with van der Waals surface area (Å²) in [5.41, 5.74) is 1.42. The highest BCUT2D eigenvalue weighted by molar-refractivity contribution is 5.62. The predicted octanol–water partition coefficient (Wildman–Crippen LogP) is 0.450.